The van der Waals surface area contributed by atoms with Crippen LogP contribution >= 0.6 is 0 Å². The topological polar surface area (TPSA) is 61.4 Å². The molecular formula is C14H28N2O2. The molecule has 106 valence electrons. The summed E-state index contributed by atoms with van der Waals surface area (Å²) in [6.07, 6.45) is 5.03. The van der Waals surface area contributed by atoms with Gasteiger partial charge in [0, 0.05) is 12.6 Å². The van der Waals surface area contributed by atoms with E-state index in [9.17, 15) is 9.90 Å². The quantitative estimate of drug-likeness (QED) is 0.674. The van der Waals surface area contributed by atoms with Crippen molar-refractivity contribution in [1.29, 1.82) is 0 Å². The SMILES string of the molecule is CCC(C)NC(=O)C(C)NCC1CCCCC1O. The van der Waals surface area contributed by atoms with E-state index < -0.39 is 0 Å². The molecule has 18 heavy (non-hydrogen) atoms. The first kappa shape index (κ1) is 15.4. The maximum atomic E-state index is 11.8. The molecular weight excluding hydrogens is 228 g/mol. The van der Waals surface area contributed by atoms with Gasteiger partial charge in [0.15, 0.2) is 0 Å². The Morgan fingerprint density at radius 3 is 2.61 bits per heavy atom. The van der Waals surface area contributed by atoms with Crippen LogP contribution in [0, 0.1) is 5.92 Å². The minimum atomic E-state index is -0.198. The summed E-state index contributed by atoms with van der Waals surface area (Å²) >= 11 is 0. The summed E-state index contributed by atoms with van der Waals surface area (Å²) in [4.78, 5) is 11.8. The first-order valence-corrected chi connectivity index (χ1v) is 7.26. The summed E-state index contributed by atoms with van der Waals surface area (Å²) in [7, 11) is 0. The molecule has 0 saturated heterocycles. The van der Waals surface area contributed by atoms with Crippen LogP contribution in [0.5, 0.6) is 0 Å². The number of carbonyl (C=O) groups excluding carboxylic acids is 1. The van der Waals surface area contributed by atoms with Gasteiger partial charge in [-0.2, -0.15) is 0 Å². The number of nitrogens with one attached hydrogen (secondary N) is 2. The third-order valence-corrected chi connectivity index (χ3v) is 3.95. The zero-order chi connectivity index (χ0) is 13.5. The number of aliphatic hydroxyl groups excluding tert-OH is 1. The van der Waals surface area contributed by atoms with Gasteiger partial charge >= 0.3 is 0 Å². The summed E-state index contributed by atoms with van der Waals surface area (Å²) in [5.74, 6) is 0.354. The fraction of sp³-hybridized carbons (Fsp3) is 0.929. The van der Waals surface area contributed by atoms with Gasteiger partial charge in [0.2, 0.25) is 5.91 Å². The molecule has 1 aliphatic carbocycles. The van der Waals surface area contributed by atoms with E-state index in [0.717, 1.165) is 32.2 Å². The van der Waals surface area contributed by atoms with Crippen molar-refractivity contribution in [2.45, 2.75) is 71.1 Å². The van der Waals surface area contributed by atoms with Crippen molar-refractivity contribution in [3.63, 3.8) is 0 Å². The highest BCUT2D eigenvalue weighted by Crippen LogP contribution is 2.23. The average Bonchev–Trinajstić information content (AvgIpc) is 2.37. The lowest BCUT2D eigenvalue weighted by Gasteiger charge is -2.29. The van der Waals surface area contributed by atoms with Gasteiger partial charge in [-0.15, -0.1) is 0 Å². The second-order valence-corrected chi connectivity index (χ2v) is 5.56. The number of hydrogen-bond donors (Lipinski definition) is 3. The summed E-state index contributed by atoms with van der Waals surface area (Å²) in [6, 6.07) is 0.0372. The molecule has 4 nitrogen and oxygen atoms in total. The van der Waals surface area contributed by atoms with Crippen LogP contribution in [-0.2, 0) is 4.79 Å². The number of hydrogen-bond acceptors (Lipinski definition) is 3. The van der Waals surface area contributed by atoms with Crippen LogP contribution in [-0.4, -0.2) is 35.7 Å². The molecule has 1 fully saturated rings. The monoisotopic (exact) mass is 256 g/mol. The van der Waals surface area contributed by atoms with E-state index in [1.54, 1.807) is 0 Å². The molecule has 4 unspecified atom stereocenters. The summed E-state index contributed by atoms with van der Waals surface area (Å²) in [5.41, 5.74) is 0. The summed E-state index contributed by atoms with van der Waals surface area (Å²) < 4.78 is 0. The van der Waals surface area contributed by atoms with Crippen LogP contribution in [0.2, 0.25) is 0 Å². The normalized spacial score (nSPS) is 27.6. The van der Waals surface area contributed by atoms with E-state index >= 15 is 0 Å². The minimum absolute atomic E-state index is 0.0506. The van der Waals surface area contributed by atoms with Crippen LogP contribution in [0.4, 0.5) is 0 Å². The lowest BCUT2D eigenvalue weighted by atomic mass is 9.86. The minimum Gasteiger partial charge on any atom is -0.393 e. The predicted molar refractivity (Wildman–Crippen MR) is 73.3 cm³/mol. The number of aliphatic hydroxyl groups is 1. The van der Waals surface area contributed by atoms with E-state index in [1.165, 1.54) is 6.42 Å². The summed E-state index contributed by atoms with van der Waals surface area (Å²) in [5, 5.41) is 16.1. The molecule has 1 aliphatic rings. The Kier molecular flexibility index (Phi) is 6.65. The molecule has 0 spiro atoms. The number of carbonyl (C=O) groups is 1. The zero-order valence-electron chi connectivity index (χ0n) is 11.9. The van der Waals surface area contributed by atoms with Gasteiger partial charge in [-0.25, -0.2) is 0 Å². The van der Waals surface area contributed by atoms with E-state index in [-0.39, 0.29) is 24.1 Å². The lowest BCUT2D eigenvalue weighted by Crippen LogP contribution is -2.47. The molecule has 0 radical (unpaired) electrons. The van der Waals surface area contributed by atoms with E-state index in [0.29, 0.717) is 5.92 Å². The summed E-state index contributed by atoms with van der Waals surface area (Å²) in [6.45, 7) is 6.68. The highest BCUT2D eigenvalue weighted by Gasteiger charge is 2.24. The Balaban J connectivity index is 2.26. The molecule has 0 aromatic carbocycles. The second kappa shape index (κ2) is 7.74. The van der Waals surface area contributed by atoms with E-state index in [4.69, 9.17) is 0 Å². The Labute approximate surface area is 111 Å². The molecule has 0 aliphatic heterocycles. The predicted octanol–water partition coefficient (Wildman–Crippen LogP) is 1.43. The van der Waals surface area contributed by atoms with Gasteiger partial charge in [0.05, 0.1) is 12.1 Å². The smallest absolute Gasteiger partial charge is 0.237 e. The average molecular weight is 256 g/mol. The van der Waals surface area contributed by atoms with Crippen molar-refractivity contribution in [2.24, 2.45) is 5.92 Å². The van der Waals surface area contributed by atoms with Gasteiger partial charge in [0.25, 0.3) is 0 Å². The largest absolute Gasteiger partial charge is 0.393 e. The molecule has 0 aromatic heterocycles. The van der Waals surface area contributed by atoms with Crippen LogP contribution in [0.1, 0.15) is 52.9 Å². The molecule has 4 heteroatoms. The van der Waals surface area contributed by atoms with Crippen LogP contribution in [0.25, 0.3) is 0 Å². The third kappa shape index (κ3) is 4.94. The highest BCUT2D eigenvalue weighted by atomic mass is 16.3. The third-order valence-electron chi connectivity index (χ3n) is 3.95. The van der Waals surface area contributed by atoms with E-state index in [2.05, 4.69) is 17.6 Å². The van der Waals surface area contributed by atoms with Crippen LogP contribution in [0.3, 0.4) is 0 Å². The molecule has 3 N–H and O–H groups in total. The molecule has 1 amide bonds. The van der Waals surface area contributed by atoms with Crippen molar-refractivity contribution in [3.05, 3.63) is 0 Å². The van der Waals surface area contributed by atoms with Gasteiger partial charge in [0.1, 0.15) is 0 Å². The highest BCUT2D eigenvalue weighted by molar-refractivity contribution is 5.81. The second-order valence-electron chi connectivity index (χ2n) is 5.56. The fourth-order valence-electron chi connectivity index (χ4n) is 2.32. The van der Waals surface area contributed by atoms with Crippen LogP contribution in [0.15, 0.2) is 0 Å². The van der Waals surface area contributed by atoms with Gasteiger partial charge < -0.3 is 15.7 Å². The van der Waals surface area contributed by atoms with Crippen molar-refractivity contribution in [3.8, 4) is 0 Å². The Bertz CT molecular complexity index is 258. The molecule has 4 atom stereocenters. The molecule has 0 heterocycles. The maximum absolute atomic E-state index is 11.8. The Hall–Kier alpha value is -0.610. The Morgan fingerprint density at radius 2 is 2.00 bits per heavy atom. The zero-order valence-corrected chi connectivity index (χ0v) is 11.9. The molecule has 1 rings (SSSR count). The Morgan fingerprint density at radius 1 is 1.33 bits per heavy atom. The van der Waals surface area contributed by atoms with Gasteiger partial charge in [-0.3, -0.25) is 4.79 Å². The van der Waals surface area contributed by atoms with Crippen molar-refractivity contribution in [1.82, 2.24) is 10.6 Å². The first-order valence-electron chi connectivity index (χ1n) is 7.26. The van der Waals surface area contributed by atoms with Crippen molar-refractivity contribution in [2.75, 3.05) is 6.54 Å². The standard InChI is InChI=1S/C14H28N2O2/c1-4-10(2)16-14(18)11(3)15-9-12-7-5-6-8-13(12)17/h10-13,15,17H,4-9H2,1-3H3,(H,16,18). The maximum Gasteiger partial charge on any atom is 0.237 e. The molecule has 0 aromatic rings. The van der Waals surface area contributed by atoms with Crippen molar-refractivity contribution >= 4 is 5.91 Å². The van der Waals surface area contributed by atoms with Crippen molar-refractivity contribution < 1.29 is 9.90 Å². The van der Waals surface area contributed by atoms with E-state index in [1.807, 2.05) is 13.8 Å². The van der Waals surface area contributed by atoms with Gasteiger partial charge in [-0.1, -0.05) is 19.8 Å². The fourth-order valence-corrected chi connectivity index (χ4v) is 2.32. The van der Waals surface area contributed by atoms with Crippen LogP contribution < -0.4 is 10.6 Å². The first-order chi connectivity index (χ1) is 8.54. The molecule has 0 bridgehead atoms. The lowest BCUT2D eigenvalue weighted by molar-refractivity contribution is -0.123. The molecule has 1 saturated carbocycles. The number of rotatable bonds is 6. The van der Waals surface area contributed by atoms with Gasteiger partial charge in [-0.05, 0) is 39.0 Å². The number of amides is 1.